The molecule has 2 bridgehead atoms. The molecule has 3 fully saturated rings. The molecule has 49 heavy (non-hydrogen) atoms. The number of hydrogen-bond acceptors (Lipinski definition) is 8. The summed E-state index contributed by atoms with van der Waals surface area (Å²) in [5.74, 6) is 1.10. The summed E-state index contributed by atoms with van der Waals surface area (Å²) >= 11 is 6.38. The average molecular weight is 714 g/mol. The fourth-order valence-corrected chi connectivity index (χ4v) is 9.97. The largest absolute Gasteiger partial charge is 0.487 e. The van der Waals surface area contributed by atoms with Gasteiger partial charge in [0, 0.05) is 29.6 Å². The van der Waals surface area contributed by atoms with Gasteiger partial charge in [-0.25, -0.2) is 13.1 Å². The Morgan fingerprint density at radius 3 is 2.41 bits per heavy atom. The van der Waals surface area contributed by atoms with E-state index in [1.165, 1.54) is 12.0 Å². The van der Waals surface area contributed by atoms with Gasteiger partial charge in [0.05, 0.1) is 30.2 Å². The lowest BCUT2D eigenvalue weighted by molar-refractivity contribution is -0.246. The van der Waals surface area contributed by atoms with Crippen LogP contribution in [0.3, 0.4) is 0 Å². The van der Waals surface area contributed by atoms with E-state index in [1.54, 1.807) is 13.0 Å². The van der Waals surface area contributed by atoms with Crippen LogP contribution in [0.1, 0.15) is 86.7 Å². The first kappa shape index (κ1) is 35.1. The highest BCUT2D eigenvalue weighted by Gasteiger charge is 2.44. The van der Waals surface area contributed by atoms with Crippen molar-refractivity contribution in [3.05, 3.63) is 58.1 Å². The second-order valence-electron chi connectivity index (χ2n) is 15.1. The lowest BCUT2D eigenvalue weighted by Gasteiger charge is -2.49. The number of benzene rings is 2. The van der Waals surface area contributed by atoms with Gasteiger partial charge >= 0.3 is 0 Å². The number of sulfonamides is 1. The number of likely N-dealkylation sites (tertiary alicyclic amines) is 1. The molecule has 4 heterocycles. The number of aryl methyl sites for hydroxylation is 1. The highest BCUT2D eigenvalue weighted by atomic mass is 35.5. The van der Waals surface area contributed by atoms with Crippen molar-refractivity contribution in [3.63, 3.8) is 0 Å². The quantitative estimate of drug-likeness (QED) is 0.381. The molecule has 1 amide bonds. The Morgan fingerprint density at radius 2 is 1.67 bits per heavy atom. The van der Waals surface area contributed by atoms with Crippen molar-refractivity contribution in [1.29, 1.82) is 0 Å². The highest BCUT2D eigenvalue weighted by molar-refractivity contribution is 7.90. The van der Waals surface area contributed by atoms with Crippen molar-refractivity contribution in [3.8, 4) is 5.75 Å². The van der Waals surface area contributed by atoms with Crippen LogP contribution < -0.4 is 14.4 Å². The minimum atomic E-state index is -3.90. The van der Waals surface area contributed by atoms with E-state index in [9.17, 15) is 13.2 Å². The molecule has 1 aliphatic carbocycles. The Bertz CT molecular complexity index is 1590. The van der Waals surface area contributed by atoms with Gasteiger partial charge in [0.2, 0.25) is 10.0 Å². The number of ether oxygens (including phenoxy) is 3. The third-order valence-corrected chi connectivity index (χ3v) is 14.3. The summed E-state index contributed by atoms with van der Waals surface area (Å²) in [6, 6.07) is 11.6. The Hall–Kier alpha value is -2.37. The van der Waals surface area contributed by atoms with Crippen LogP contribution in [0.15, 0.2) is 36.4 Å². The Morgan fingerprint density at radius 1 is 0.857 bits per heavy atom. The van der Waals surface area contributed by atoms with Gasteiger partial charge in [0.1, 0.15) is 12.4 Å². The van der Waals surface area contributed by atoms with Gasteiger partial charge in [0.25, 0.3) is 5.91 Å². The zero-order chi connectivity index (χ0) is 34.1. The molecule has 0 aromatic heterocycles. The monoisotopic (exact) mass is 713 g/mol. The normalized spacial score (nSPS) is 32.9. The van der Waals surface area contributed by atoms with E-state index in [2.05, 4.69) is 14.5 Å². The molecule has 1 N–H and O–H groups in total. The Kier molecular flexibility index (Phi) is 10.8. The minimum absolute atomic E-state index is 0.117. The van der Waals surface area contributed by atoms with Crippen LogP contribution in [0.25, 0.3) is 0 Å². The number of nitrogens with one attached hydrogen (secondary N) is 1. The number of amides is 1. The second-order valence-corrected chi connectivity index (χ2v) is 17.6. The van der Waals surface area contributed by atoms with Crippen molar-refractivity contribution in [2.24, 2.45) is 23.7 Å². The number of nitrogens with zero attached hydrogens (tertiary/aromatic N) is 2. The number of halogens is 1. The zero-order valence-electron chi connectivity index (χ0n) is 28.9. The summed E-state index contributed by atoms with van der Waals surface area (Å²) in [4.78, 5) is 18.4. The van der Waals surface area contributed by atoms with Crippen LogP contribution >= 0.6 is 11.6 Å². The number of hydrogen-bond donors (Lipinski definition) is 1. The van der Waals surface area contributed by atoms with E-state index < -0.39 is 21.2 Å². The molecular formula is C38H52ClN3O6S. The Balaban J connectivity index is 1.20. The summed E-state index contributed by atoms with van der Waals surface area (Å²) in [7, 11) is -3.90. The standard InChI is InChI=1S/C38H52ClN3O6S/c1-25-7-5-9-34(38-47-23-32(24-48-38)41-17-6-18-41)33-14-11-29(33)21-42-16-4-3-8-27-19-31(39)13-10-30(27)22-46-36-15-12-28(20-35(36)42)37(43)40-49(44,45)26(25)2/h10,12-13,15,19-20,25-26,29,32-34,38H,3-9,11,14,16-18,21-24H2,1-2H3,(H,40,43)/t25-,26+,29-,32-,33+,34+,38+/m0/s1. The van der Waals surface area contributed by atoms with E-state index in [0.717, 1.165) is 93.8 Å². The molecule has 1 saturated carbocycles. The third kappa shape index (κ3) is 7.78. The molecule has 7 rings (SSSR count). The molecule has 2 saturated heterocycles. The molecule has 5 atom stereocenters. The highest BCUT2D eigenvalue weighted by Crippen LogP contribution is 2.46. The van der Waals surface area contributed by atoms with Gasteiger partial charge in [-0.1, -0.05) is 31.0 Å². The van der Waals surface area contributed by atoms with Crippen molar-refractivity contribution in [2.45, 2.75) is 95.8 Å². The molecule has 5 aliphatic rings. The fraction of sp³-hybridized carbons (Fsp3) is 0.658. The summed E-state index contributed by atoms with van der Waals surface area (Å²) in [6.45, 7) is 9.35. The fourth-order valence-electron chi connectivity index (χ4n) is 8.47. The first-order chi connectivity index (χ1) is 23.7. The molecule has 9 nitrogen and oxygen atoms in total. The van der Waals surface area contributed by atoms with Gasteiger partial charge in [-0.15, -0.1) is 0 Å². The minimum Gasteiger partial charge on any atom is -0.487 e. The third-order valence-electron chi connectivity index (χ3n) is 12.1. The molecular weight excluding hydrogens is 662 g/mol. The smallest absolute Gasteiger partial charge is 0.264 e. The van der Waals surface area contributed by atoms with Crippen molar-refractivity contribution in [2.75, 3.05) is 44.3 Å². The van der Waals surface area contributed by atoms with E-state index in [4.69, 9.17) is 25.8 Å². The van der Waals surface area contributed by atoms with Gasteiger partial charge in [-0.3, -0.25) is 9.69 Å². The summed E-state index contributed by atoms with van der Waals surface area (Å²) in [5.41, 5.74) is 3.44. The molecule has 2 aromatic carbocycles. The zero-order valence-corrected chi connectivity index (χ0v) is 30.5. The van der Waals surface area contributed by atoms with E-state index in [1.807, 2.05) is 37.3 Å². The molecule has 11 heteroatoms. The number of carbonyl (C=O) groups excluding carboxylic acids is 1. The van der Waals surface area contributed by atoms with Crippen LogP contribution in [0.5, 0.6) is 5.75 Å². The number of fused-ring (bicyclic) bond motifs is 3. The van der Waals surface area contributed by atoms with Crippen LogP contribution in [-0.2, 0) is 32.5 Å². The molecule has 0 radical (unpaired) electrons. The van der Waals surface area contributed by atoms with Crippen molar-refractivity contribution in [1.82, 2.24) is 9.62 Å². The maximum Gasteiger partial charge on any atom is 0.264 e. The predicted molar refractivity (Wildman–Crippen MR) is 192 cm³/mol. The van der Waals surface area contributed by atoms with E-state index in [-0.39, 0.29) is 18.1 Å². The number of carbonyl (C=O) groups is 1. The Labute approximate surface area is 297 Å². The number of anilines is 1. The lowest BCUT2D eigenvalue weighted by Crippen LogP contribution is -2.55. The van der Waals surface area contributed by atoms with Gasteiger partial charge < -0.3 is 19.1 Å². The molecule has 2 aromatic rings. The lowest BCUT2D eigenvalue weighted by atomic mass is 9.65. The van der Waals surface area contributed by atoms with Gasteiger partial charge in [0.15, 0.2) is 6.29 Å². The topological polar surface area (TPSA) is 97.4 Å². The number of rotatable bonds is 2. The maximum absolute atomic E-state index is 13.5. The summed E-state index contributed by atoms with van der Waals surface area (Å²) < 4.78 is 48.9. The summed E-state index contributed by atoms with van der Waals surface area (Å²) in [5, 5.41) is 0.00831. The van der Waals surface area contributed by atoms with Gasteiger partial charge in [-0.05, 0) is 131 Å². The van der Waals surface area contributed by atoms with Crippen LogP contribution in [0.2, 0.25) is 5.02 Å². The SMILES string of the molecule is C[C@@H]1[C@@H](C)CCC[C@@H]([C@H]2OC[C@@H](N3CCC3)CO2)[C@@H]2CC[C@H]2CN2CCCCc3cc(Cl)ccc3COc3ccc(cc32)C(=O)NS1(=O)=O. The average Bonchev–Trinajstić information content (AvgIpc) is 3.08. The predicted octanol–water partition coefficient (Wildman–Crippen LogP) is 6.42. The van der Waals surface area contributed by atoms with Crippen molar-refractivity contribution >= 4 is 33.2 Å². The molecule has 4 aliphatic heterocycles. The van der Waals surface area contributed by atoms with Crippen LogP contribution in [0, 0.1) is 23.7 Å². The van der Waals surface area contributed by atoms with Crippen LogP contribution in [-0.4, -0.2) is 76.2 Å². The molecule has 0 unspecified atom stereocenters. The molecule has 268 valence electrons. The molecule has 0 spiro atoms. The maximum atomic E-state index is 13.5. The van der Waals surface area contributed by atoms with Crippen molar-refractivity contribution < 1.29 is 27.4 Å². The summed E-state index contributed by atoms with van der Waals surface area (Å²) in [6.07, 6.45) is 8.69. The first-order valence-electron chi connectivity index (χ1n) is 18.5. The first-order valence-corrected chi connectivity index (χ1v) is 20.4. The second kappa shape index (κ2) is 15.1. The van der Waals surface area contributed by atoms with E-state index in [0.29, 0.717) is 49.0 Å². The van der Waals surface area contributed by atoms with Gasteiger partial charge in [-0.2, -0.15) is 0 Å². The van der Waals surface area contributed by atoms with Crippen LogP contribution in [0.4, 0.5) is 5.69 Å². The van der Waals surface area contributed by atoms with E-state index >= 15 is 0 Å².